The number of methoxy groups -OCH3 is 1. The number of nitrogens with one attached hydrogen (secondary N) is 1. The number of aromatic nitrogens is 1. The highest BCUT2D eigenvalue weighted by molar-refractivity contribution is 9.10. The van der Waals surface area contributed by atoms with Gasteiger partial charge in [0.1, 0.15) is 16.4 Å². The van der Waals surface area contributed by atoms with E-state index in [9.17, 15) is 4.79 Å². The van der Waals surface area contributed by atoms with Gasteiger partial charge in [0.15, 0.2) is 0 Å². The Bertz CT molecular complexity index is 866. The largest absolute Gasteiger partial charge is 0.496 e. The average Bonchev–Trinajstić information content (AvgIpc) is 3.13. The van der Waals surface area contributed by atoms with Crippen molar-refractivity contribution in [3.8, 4) is 16.3 Å². The molecule has 30 heavy (non-hydrogen) atoms. The maximum Gasteiger partial charge on any atom is 0.407 e. The van der Waals surface area contributed by atoms with Crippen molar-refractivity contribution in [3.05, 3.63) is 33.7 Å². The molecule has 1 aliphatic rings. The van der Waals surface area contributed by atoms with Gasteiger partial charge in [-0.1, -0.05) is 15.9 Å². The van der Waals surface area contributed by atoms with Gasteiger partial charge in [0, 0.05) is 29.5 Å². The van der Waals surface area contributed by atoms with Crippen LogP contribution in [-0.2, 0) is 11.3 Å². The van der Waals surface area contributed by atoms with Gasteiger partial charge in [-0.2, -0.15) is 0 Å². The summed E-state index contributed by atoms with van der Waals surface area (Å²) in [5.41, 5.74) is 1.60. The molecule has 1 atom stereocenters. The molecular formula is C22H30BrN3O3S. The Balaban J connectivity index is 1.56. The fourth-order valence-corrected chi connectivity index (χ4v) is 4.78. The highest BCUT2D eigenvalue weighted by Gasteiger charge is 2.23. The van der Waals surface area contributed by atoms with Crippen LogP contribution in [-0.4, -0.2) is 48.3 Å². The normalized spacial score (nSPS) is 17.6. The molecular weight excluding hydrogens is 466 g/mol. The lowest BCUT2D eigenvalue weighted by atomic mass is 9.98. The van der Waals surface area contributed by atoms with E-state index < -0.39 is 5.60 Å². The number of hydrogen-bond acceptors (Lipinski definition) is 6. The zero-order valence-corrected chi connectivity index (χ0v) is 20.4. The first-order valence-corrected chi connectivity index (χ1v) is 11.9. The number of halogens is 1. The summed E-state index contributed by atoms with van der Waals surface area (Å²) >= 11 is 5.17. The number of nitrogens with zero attached hydrogens (tertiary/aromatic N) is 2. The van der Waals surface area contributed by atoms with Crippen LogP contribution in [0.25, 0.3) is 10.6 Å². The molecule has 0 spiro atoms. The monoisotopic (exact) mass is 495 g/mol. The van der Waals surface area contributed by atoms with Gasteiger partial charge in [0.25, 0.3) is 0 Å². The molecule has 0 radical (unpaired) electrons. The van der Waals surface area contributed by atoms with E-state index in [-0.39, 0.29) is 6.09 Å². The first-order valence-electron chi connectivity index (χ1n) is 10.2. The van der Waals surface area contributed by atoms with Crippen LogP contribution >= 0.6 is 27.3 Å². The van der Waals surface area contributed by atoms with Gasteiger partial charge in [-0.15, -0.1) is 11.3 Å². The van der Waals surface area contributed by atoms with Crippen molar-refractivity contribution < 1.29 is 14.3 Å². The first kappa shape index (κ1) is 23.0. The minimum absolute atomic E-state index is 0.341. The molecule has 6 nitrogen and oxygen atoms in total. The molecule has 164 valence electrons. The van der Waals surface area contributed by atoms with Gasteiger partial charge in [-0.3, -0.25) is 4.90 Å². The summed E-state index contributed by atoms with van der Waals surface area (Å²) in [5, 5.41) is 6.00. The molecule has 2 heterocycles. The van der Waals surface area contributed by atoms with Gasteiger partial charge in [0.2, 0.25) is 0 Å². The summed E-state index contributed by atoms with van der Waals surface area (Å²) in [6.45, 7) is 9.08. The molecule has 1 N–H and O–H groups in total. The Morgan fingerprint density at radius 1 is 1.40 bits per heavy atom. The smallest absolute Gasteiger partial charge is 0.407 e. The summed E-state index contributed by atoms with van der Waals surface area (Å²) in [4.78, 5) is 19.2. The molecule has 3 rings (SSSR count). The third kappa shape index (κ3) is 6.68. The number of benzene rings is 1. The zero-order valence-electron chi connectivity index (χ0n) is 18.0. The van der Waals surface area contributed by atoms with E-state index in [1.807, 2.05) is 39.0 Å². The maximum absolute atomic E-state index is 11.9. The highest BCUT2D eigenvalue weighted by atomic mass is 79.9. The van der Waals surface area contributed by atoms with Crippen molar-refractivity contribution in [3.63, 3.8) is 0 Å². The SMILES string of the molecule is COc1ccc(Br)cc1-c1nc(CN2CCCC(CNC(=O)OC(C)(C)C)C2)cs1. The summed E-state index contributed by atoms with van der Waals surface area (Å²) in [5.74, 6) is 1.25. The molecule has 1 saturated heterocycles. The van der Waals surface area contributed by atoms with E-state index in [0.29, 0.717) is 12.5 Å². The molecule has 2 aromatic rings. The standard InChI is InChI=1S/C22H30BrN3O3S/c1-22(2,3)29-21(27)24-11-15-6-5-9-26(12-15)13-17-14-30-20(25-17)18-10-16(23)7-8-19(18)28-4/h7-8,10,14-15H,5-6,9,11-13H2,1-4H3,(H,24,27). The second-order valence-corrected chi connectivity index (χ2v) is 10.4. The molecule has 1 unspecified atom stereocenters. The van der Waals surface area contributed by atoms with E-state index in [2.05, 4.69) is 31.5 Å². The molecule has 0 aliphatic carbocycles. The molecule has 1 aromatic heterocycles. The number of hydrogen-bond donors (Lipinski definition) is 1. The van der Waals surface area contributed by atoms with Gasteiger partial charge >= 0.3 is 6.09 Å². The lowest BCUT2D eigenvalue weighted by molar-refractivity contribution is 0.0506. The minimum Gasteiger partial charge on any atom is -0.496 e. The Kier molecular flexibility index (Phi) is 7.76. The van der Waals surface area contributed by atoms with Crippen LogP contribution < -0.4 is 10.1 Å². The summed E-state index contributed by atoms with van der Waals surface area (Å²) in [7, 11) is 1.68. The van der Waals surface area contributed by atoms with E-state index in [1.54, 1.807) is 18.4 Å². The number of piperidine rings is 1. The predicted octanol–water partition coefficient (Wildman–Crippen LogP) is 5.32. The molecule has 1 amide bonds. The molecule has 8 heteroatoms. The molecule has 1 aromatic carbocycles. The van der Waals surface area contributed by atoms with Crippen LogP contribution in [0.15, 0.2) is 28.1 Å². The third-order valence-electron chi connectivity index (χ3n) is 4.87. The Labute approximate surface area is 191 Å². The van der Waals surface area contributed by atoms with Gasteiger partial charge in [-0.25, -0.2) is 9.78 Å². The average molecular weight is 496 g/mol. The van der Waals surface area contributed by atoms with Crippen molar-refractivity contribution in [1.29, 1.82) is 0 Å². The number of amides is 1. The summed E-state index contributed by atoms with van der Waals surface area (Å²) < 4.78 is 11.8. The summed E-state index contributed by atoms with van der Waals surface area (Å²) in [6, 6.07) is 5.96. The van der Waals surface area contributed by atoms with E-state index in [0.717, 1.165) is 59.0 Å². The van der Waals surface area contributed by atoms with E-state index in [1.165, 1.54) is 0 Å². The number of rotatable bonds is 6. The first-order chi connectivity index (χ1) is 14.2. The topological polar surface area (TPSA) is 63.7 Å². The number of ether oxygens (including phenoxy) is 2. The van der Waals surface area contributed by atoms with Crippen molar-refractivity contribution in [2.45, 2.75) is 45.8 Å². The number of carbonyl (C=O) groups excluding carboxylic acids is 1. The molecule has 1 fully saturated rings. The van der Waals surface area contributed by atoms with Gasteiger partial charge in [0.05, 0.1) is 18.4 Å². The predicted molar refractivity (Wildman–Crippen MR) is 124 cm³/mol. The fourth-order valence-electron chi connectivity index (χ4n) is 3.58. The van der Waals surface area contributed by atoms with Crippen molar-refractivity contribution in [2.75, 3.05) is 26.7 Å². The van der Waals surface area contributed by atoms with Crippen LogP contribution in [0.3, 0.4) is 0 Å². The second-order valence-electron chi connectivity index (χ2n) is 8.61. The lowest BCUT2D eigenvalue weighted by Crippen LogP contribution is -2.41. The molecule has 1 aliphatic heterocycles. The summed E-state index contributed by atoms with van der Waals surface area (Å²) in [6.07, 6.45) is 1.90. The van der Waals surface area contributed by atoms with Crippen LogP contribution in [0.5, 0.6) is 5.75 Å². The van der Waals surface area contributed by atoms with Gasteiger partial charge < -0.3 is 14.8 Å². The number of carbonyl (C=O) groups is 1. The Morgan fingerprint density at radius 3 is 2.93 bits per heavy atom. The molecule has 0 saturated carbocycles. The van der Waals surface area contributed by atoms with Crippen molar-refractivity contribution >= 4 is 33.4 Å². The van der Waals surface area contributed by atoms with E-state index >= 15 is 0 Å². The van der Waals surface area contributed by atoms with Crippen LogP contribution in [0.4, 0.5) is 4.79 Å². The van der Waals surface area contributed by atoms with Crippen molar-refractivity contribution in [2.24, 2.45) is 5.92 Å². The minimum atomic E-state index is -0.470. The number of alkyl carbamates (subject to hydrolysis) is 1. The van der Waals surface area contributed by atoms with Gasteiger partial charge in [-0.05, 0) is 64.3 Å². The fraction of sp³-hybridized carbons (Fsp3) is 0.545. The zero-order chi connectivity index (χ0) is 21.7. The van der Waals surface area contributed by atoms with Crippen LogP contribution in [0.1, 0.15) is 39.3 Å². The quantitative estimate of drug-likeness (QED) is 0.587. The number of thiazole rings is 1. The second kappa shape index (κ2) is 10.1. The number of likely N-dealkylation sites (tertiary alicyclic amines) is 1. The Morgan fingerprint density at radius 2 is 2.20 bits per heavy atom. The molecule has 0 bridgehead atoms. The van der Waals surface area contributed by atoms with Crippen LogP contribution in [0, 0.1) is 5.92 Å². The van der Waals surface area contributed by atoms with Crippen LogP contribution in [0.2, 0.25) is 0 Å². The third-order valence-corrected chi connectivity index (χ3v) is 6.28. The van der Waals surface area contributed by atoms with E-state index in [4.69, 9.17) is 14.5 Å². The lowest BCUT2D eigenvalue weighted by Gasteiger charge is -2.32. The Hall–Kier alpha value is -1.64. The highest BCUT2D eigenvalue weighted by Crippen LogP contribution is 2.34. The maximum atomic E-state index is 11.9. The van der Waals surface area contributed by atoms with Crippen molar-refractivity contribution in [1.82, 2.24) is 15.2 Å².